The van der Waals surface area contributed by atoms with E-state index in [1.165, 1.54) is 10.4 Å². The van der Waals surface area contributed by atoms with E-state index < -0.39 is 13.9 Å². The van der Waals surface area contributed by atoms with Crippen LogP contribution in [0.1, 0.15) is 53.9 Å². The minimum atomic E-state index is -2.46. The Balaban J connectivity index is 2.26. The van der Waals surface area contributed by atoms with E-state index in [1.54, 1.807) is 6.08 Å². The quantitative estimate of drug-likeness (QED) is 0.425. The van der Waals surface area contributed by atoms with Gasteiger partial charge in [-0.15, -0.1) is 6.58 Å². The van der Waals surface area contributed by atoms with Crippen molar-refractivity contribution in [2.45, 2.75) is 64.5 Å². The van der Waals surface area contributed by atoms with Crippen molar-refractivity contribution in [2.75, 3.05) is 6.61 Å². The highest BCUT2D eigenvalue weighted by molar-refractivity contribution is 6.99. The van der Waals surface area contributed by atoms with E-state index >= 15 is 0 Å². The van der Waals surface area contributed by atoms with Gasteiger partial charge in [0, 0.05) is 6.61 Å². The van der Waals surface area contributed by atoms with E-state index in [0.717, 1.165) is 25.9 Å². The Morgan fingerprint density at radius 1 is 0.966 bits per heavy atom. The summed E-state index contributed by atoms with van der Waals surface area (Å²) in [6.07, 6.45) is 4.36. The van der Waals surface area contributed by atoms with Crippen LogP contribution in [0, 0.1) is 5.92 Å². The van der Waals surface area contributed by atoms with Crippen LogP contribution in [0.4, 0.5) is 0 Å². The Labute approximate surface area is 178 Å². The standard InChI is InChI=1S/C26H38O2Si/c1-7-26(6,27)20-14-15-22(2)21-28-29(25(3,4)5,23-16-10-8-11-17-23)24-18-12-9-13-19-24/h7-13,16-19,22,27H,1,14-15,20-21H2,2-6H3/t22-,26-/m1/s1. The number of aliphatic hydroxyl groups is 1. The van der Waals surface area contributed by atoms with Crippen LogP contribution in [-0.2, 0) is 4.43 Å². The van der Waals surface area contributed by atoms with Crippen LogP contribution >= 0.6 is 0 Å². The summed E-state index contributed by atoms with van der Waals surface area (Å²) in [6, 6.07) is 21.6. The van der Waals surface area contributed by atoms with Crippen molar-refractivity contribution < 1.29 is 9.53 Å². The smallest absolute Gasteiger partial charge is 0.261 e. The first-order chi connectivity index (χ1) is 13.6. The molecule has 0 radical (unpaired) electrons. The van der Waals surface area contributed by atoms with E-state index in [2.05, 4.69) is 94.9 Å². The fourth-order valence-electron chi connectivity index (χ4n) is 4.02. The predicted octanol–water partition coefficient (Wildman–Crippen LogP) is 5.31. The van der Waals surface area contributed by atoms with Gasteiger partial charge in [-0.05, 0) is 47.5 Å². The summed E-state index contributed by atoms with van der Waals surface area (Å²) >= 11 is 0. The second-order valence-corrected chi connectivity index (χ2v) is 13.8. The van der Waals surface area contributed by atoms with Crippen LogP contribution in [0.25, 0.3) is 0 Å². The zero-order valence-electron chi connectivity index (χ0n) is 18.8. The molecule has 29 heavy (non-hydrogen) atoms. The average molecular weight is 411 g/mol. The third kappa shape index (κ3) is 5.91. The molecule has 2 atom stereocenters. The Hall–Kier alpha value is -1.68. The maximum atomic E-state index is 10.2. The second kappa shape index (κ2) is 9.88. The van der Waals surface area contributed by atoms with Crippen LogP contribution in [0.3, 0.4) is 0 Å². The van der Waals surface area contributed by atoms with Crippen molar-refractivity contribution in [2.24, 2.45) is 5.92 Å². The van der Waals surface area contributed by atoms with Crippen molar-refractivity contribution in [1.29, 1.82) is 0 Å². The minimum absolute atomic E-state index is 0.00192. The van der Waals surface area contributed by atoms with Gasteiger partial charge in [0.25, 0.3) is 8.32 Å². The largest absolute Gasteiger partial charge is 0.407 e. The summed E-state index contributed by atoms with van der Waals surface area (Å²) in [5.74, 6) is 0.428. The van der Waals surface area contributed by atoms with Gasteiger partial charge in [-0.1, -0.05) is 94.4 Å². The summed E-state index contributed by atoms with van der Waals surface area (Å²) < 4.78 is 6.99. The first-order valence-corrected chi connectivity index (χ1v) is 12.6. The predicted molar refractivity (Wildman–Crippen MR) is 127 cm³/mol. The van der Waals surface area contributed by atoms with Crippen molar-refractivity contribution in [3.63, 3.8) is 0 Å². The molecular formula is C26H38O2Si. The van der Waals surface area contributed by atoms with E-state index in [1.807, 2.05) is 6.92 Å². The zero-order chi connectivity index (χ0) is 21.5. The van der Waals surface area contributed by atoms with Crippen LogP contribution in [0.2, 0.25) is 5.04 Å². The van der Waals surface area contributed by atoms with Gasteiger partial charge in [0.15, 0.2) is 0 Å². The zero-order valence-corrected chi connectivity index (χ0v) is 19.8. The molecule has 0 aliphatic heterocycles. The summed E-state index contributed by atoms with van der Waals surface area (Å²) in [5, 5.41) is 12.8. The molecule has 0 aromatic heterocycles. The molecule has 0 unspecified atom stereocenters. The van der Waals surface area contributed by atoms with E-state index in [0.29, 0.717) is 5.92 Å². The lowest BCUT2D eigenvalue weighted by Crippen LogP contribution is -2.66. The minimum Gasteiger partial charge on any atom is -0.407 e. The molecule has 0 spiro atoms. The Morgan fingerprint density at radius 3 is 1.86 bits per heavy atom. The van der Waals surface area contributed by atoms with Crippen molar-refractivity contribution in [1.82, 2.24) is 0 Å². The summed E-state index contributed by atoms with van der Waals surface area (Å²) in [4.78, 5) is 0. The van der Waals surface area contributed by atoms with E-state index in [9.17, 15) is 5.11 Å². The summed E-state index contributed by atoms with van der Waals surface area (Å²) in [7, 11) is -2.46. The van der Waals surface area contributed by atoms with Gasteiger partial charge >= 0.3 is 0 Å². The molecule has 0 aliphatic rings. The first-order valence-electron chi connectivity index (χ1n) is 10.7. The molecule has 0 amide bonds. The van der Waals surface area contributed by atoms with Crippen LogP contribution in [0.5, 0.6) is 0 Å². The van der Waals surface area contributed by atoms with Gasteiger partial charge in [-0.2, -0.15) is 0 Å². The van der Waals surface area contributed by atoms with Crippen LogP contribution in [-0.4, -0.2) is 25.6 Å². The highest BCUT2D eigenvalue weighted by Crippen LogP contribution is 2.37. The topological polar surface area (TPSA) is 29.5 Å². The second-order valence-electron chi connectivity index (χ2n) is 9.53. The van der Waals surface area contributed by atoms with Gasteiger partial charge in [0.1, 0.15) is 0 Å². The fraction of sp³-hybridized carbons (Fsp3) is 0.462. The molecular weight excluding hydrogens is 372 g/mol. The first kappa shape index (κ1) is 23.6. The maximum absolute atomic E-state index is 10.2. The van der Waals surface area contributed by atoms with E-state index in [-0.39, 0.29) is 5.04 Å². The Kier molecular flexibility index (Phi) is 8.04. The molecule has 3 heteroatoms. The molecule has 0 bridgehead atoms. The average Bonchev–Trinajstić information content (AvgIpc) is 2.69. The normalized spacial score (nSPS) is 15.5. The Bertz CT molecular complexity index is 708. The van der Waals surface area contributed by atoms with Gasteiger partial charge in [-0.3, -0.25) is 0 Å². The highest BCUT2D eigenvalue weighted by Gasteiger charge is 2.50. The van der Waals surface area contributed by atoms with E-state index in [4.69, 9.17) is 4.43 Å². The summed E-state index contributed by atoms with van der Waals surface area (Å²) in [5.41, 5.74) is -0.779. The Morgan fingerprint density at radius 2 is 1.45 bits per heavy atom. The van der Waals surface area contributed by atoms with Crippen molar-refractivity contribution in [3.05, 3.63) is 73.3 Å². The SMILES string of the molecule is C=C[C@@](C)(O)CCC[C@@H](C)CO[Si](c1ccccc1)(c1ccccc1)C(C)(C)C. The molecule has 0 aliphatic carbocycles. The molecule has 2 aromatic rings. The van der Waals surface area contributed by atoms with Gasteiger partial charge < -0.3 is 9.53 Å². The number of benzene rings is 2. The third-order valence-corrected chi connectivity index (χ3v) is 10.8. The summed E-state index contributed by atoms with van der Waals surface area (Å²) in [6.45, 7) is 15.5. The van der Waals surface area contributed by atoms with Crippen LogP contribution < -0.4 is 10.4 Å². The highest BCUT2D eigenvalue weighted by atomic mass is 28.4. The lowest BCUT2D eigenvalue weighted by molar-refractivity contribution is 0.0961. The third-order valence-electron chi connectivity index (χ3n) is 5.82. The molecule has 0 saturated carbocycles. The van der Waals surface area contributed by atoms with Crippen molar-refractivity contribution >= 4 is 18.7 Å². The molecule has 0 heterocycles. The lowest BCUT2D eigenvalue weighted by atomic mass is 9.96. The monoisotopic (exact) mass is 410 g/mol. The fourth-order valence-corrected chi connectivity index (χ4v) is 8.71. The number of rotatable bonds is 10. The maximum Gasteiger partial charge on any atom is 0.261 e. The molecule has 2 aromatic carbocycles. The van der Waals surface area contributed by atoms with Gasteiger partial charge in [0.05, 0.1) is 5.60 Å². The molecule has 2 rings (SSSR count). The van der Waals surface area contributed by atoms with Crippen molar-refractivity contribution in [3.8, 4) is 0 Å². The number of hydrogen-bond donors (Lipinski definition) is 1. The van der Waals surface area contributed by atoms with Gasteiger partial charge in [0.2, 0.25) is 0 Å². The molecule has 0 saturated heterocycles. The molecule has 1 N–H and O–H groups in total. The van der Waals surface area contributed by atoms with Gasteiger partial charge in [-0.25, -0.2) is 0 Å². The molecule has 0 fully saturated rings. The number of hydrogen-bond acceptors (Lipinski definition) is 2. The molecule has 2 nitrogen and oxygen atoms in total. The molecule has 158 valence electrons. The van der Waals surface area contributed by atoms with Crippen LogP contribution in [0.15, 0.2) is 73.3 Å². The lowest BCUT2D eigenvalue weighted by Gasteiger charge is -2.43.